The molecule has 5 heteroatoms. The van der Waals surface area contributed by atoms with Crippen LogP contribution in [-0.4, -0.2) is 9.38 Å². The maximum Gasteiger partial charge on any atom is 0.195 e. The molecule has 0 spiro atoms. The number of benzene rings is 1. The Kier molecular flexibility index (Phi) is 2.89. The van der Waals surface area contributed by atoms with Gasteiger partial charge in [0.1, 0.15) is 5.49 Å². The van der Waals surface area contributed by atoms with Crippen LogP contribution in [0.4, 0.5) is 5.69 Å². The summed E-state index contributed by atoms with van der Waals surface area (Å²) >= 11 is 7.56. The molecule has 0 aliphatic carbocycles. The van der Waals surface area contributed by atoms with Gasteiger partial charge in [0.2, 0.25) is 0 Å². The van der Waals surface area contributed by atoms with Gasteiger partial charge in [-0.05, 0) is 25.1 Å². The van der Waals surface area contributed by atoms with Gasteiger partial charge in [0.15, 0.2) is 4.96 Å². The van der Waals surface area contributed by atoms with Gasteiger partial charge in [0.05, 0.1) is 5.69 Å². The lowest BCUT2D eigenvalue weighted by Gasteiger charge is -1.98. The minimum Gasteiger partial charge on any atom is -0.276 e. The van der Waals surface area contributed by atoms with Gasteiger partial charge >= 0.3 is 0 Å². The molecule has 2 heterocycles. The highest BCUT2D eigenvalue weighted by atomic mass is 35.5. The molecule has 0 saturated heterocycles. The first-order chi connectivity index (χ1) is 8.72. The molecule has 1 aromatic carbocycles. The lowest BCUT2D eigenvalue weighted by molar-refractivity contribution is 1.00. The van der Waals surface area contributed by atoms with Crippen LogP contribution in [0.25, 0.3) is 4.96 Å². The molecule has 0 saturated carbocycles. The van der Waals surface area contributed by atoms with Crippen LogP contribution in [0.2, 0.25) is 5.02 Å². The lowest BCUT2D eigenvalue weighted by Crippen LogP contribution is -2.13. The molecule has 0 fully saturated rings. The second-order valence-corrected chi connectivity index (χ2v) is 5.21. The molecular weight excluding hydrogens is 266 g/mol. The molecule has 2 aromatic heterocycles. The van der Waals surface area contributed by atoms with Crippen LogP contribution in [-0.2, 0) is 0 Å². The molecule has 0 aliphatic rings. The number of aryl methyl sites for hydroxylation is 1. The van der Waals surface area contributed by atoms with Gasteiger partial charge in [-0.2, -0.15) is 0 Å². The van der Waals surface area contributed by atoms with E-state index >= 15 is 0 Å². The van der Waals surface area contributed by atoms with E-state index in [0.29, 0.717) is 5.02 Å². The van der Waals surface area contributed by atoms with Crippen molar-refractivity contribution in [1.82, 2.24) is 9.38 Å². The number of nitrogens with zero attached hydrogens (tertiary/aromatic N) is 3. The van der Waals surface area contributed by atoms with Crippen molar-refractivity contribution >= 4 is 33.6 Å². The molecular formula is C13H10ClN3S. The molecule has 0 atom stereocenters. The van der Waals surface area contributed by atoms with E-state index in [-0.39, 0.29) is 0 Å². The van der Waals surface area contributed by atoms with Crippen LogP contribution < -0.4 is 5.49 Å². The van der Waals surface area contributed by atoms with E-state index in [0.717, 1.165) is 21.8 Å². The Balaban J connectivity index is 2.27. The Morgan fingerprint density at radius 2 is 2.22 bits per heavy atom. The quantitative estimate of drug-likeness (QED) is 0.667. The number of halogens is 1. The summed E-state index contributed by atoms with van der Waals surface area (Å²) in [7, 11) is 0. The number of hydrogen-bond acceptors (Lipinski definition) is 3. The molecule has 90 valence electrons. The Morgan fingerprint density at radius 1 is 1.33 bits per heavy atom. The molecule has 0 radical (unpaired) electrons. The van der Waals surface area contributed by atoms with Crippen LogP contribution in [0.15, 0.2) is 46.9 Å². The maximum absolute atomic E-state index is 5.96. The van der Waals surface area contributed by atoms with Crippen molar-refractivity contribution in [2.75, 3.05) is 0 Å². The third-order valence-electron chi connectivity index (χ3n) is 2.50. The zero-order valence-electron chi connectivity index (χ0n) is 9.67. The topological polar surface area (TPSA) is 29.7 Å². The molecule has 3 aromatic rings. The number of fused-ring (bicyclic) bond motifs is 1. The standard InChI is InChI=1S/C13H10ClN3S/c1-9-7-12(17-5-6-18-13(17)15-9)16-11-4-2-3-10(14)8-11/h2-8H,1H3. The minimum atomic E-state index is 0.689. The summed E-state index contributed by atoms with van der Waals surface area (Å²) in [6.07, 6.45) is 1.97. The summed E-state index contributed by atoms with van der Waals surface area (Å²) < 4.78 is 1.97. The largest absolute Gasteiger partial charge is 0.276 e. The first-order valence-corrected chi connectivity index (χ1v) is 6.72. The Bertz CT molecular complexity index is 773. The highest BCUT2D eigenvalue weighted by molar-refractivity contribution is 7.15. The molecule has 3 nitrogen and oxygen atoms in total. The summed E-state index contributed by atoms with van der Waals surface area (Å²) in [6, 6.07) is 9.47. The molecule has 0 N–H and O–H groups in total. The van der Waals surface area contributed by atoms with Crippen LogP contribution >= 0.6 is 22.9 Å². The summed E-state index contributed by atoms with van der Waals surface area (Å²) in [4.78, 5) is 10.00. The first-order valence-electron chi connectivity index (χ1n) is 5.46. The SMILES string of the molecule is Cc1cc(=Nc2cccc(Cl)c2)n2ccsc2n1. The third kappa shape index (κ3) is 2.17. The number of hydrogen-bond donors (Lipinski definition) is 0. The average molecular weight is 276 g/mol. The highest BCUT2D eigenvalue weighted by Crippen LogP contribution is 2.17. The monoisotopic (exact) mass is 275 g/mol. The van der Waals surface area contributed by atoms with Gasteiger partial charge in [-0.3, -0.25) is 4.40 Å². The summed E-state index contributed by atoms with van der Waals surface area (Å²) in [6.45, 7) is 1.97. The summed E-state index contributed by atoms with van der Waals surface area (Å²) in [5, 5.41) is 2.69. The van der Waals surface area contributed by atoms with Crippen LogP contribution in [0.1, 0.15) is 5.69 Å². The maximum atomic E-state index is 5.96. The Hall–Kier alpha value is -1.65. The van der Waals surface area contributed by atoms with E-state index < -0.39 is 0 Å². The van der Waals surface area contributed by atoms with Gasteiger partial charge in [-0.1, -0.05) is 17.7 Å². The smallest absolute Gasteiger partial charge is 0.195 e. The van der Waals surface area contributed by atoms with Crippen molar-refractivity contribution in [2.24, 2.45) is 4.99 Å². The van der Waals surface area contributed by atoms with Crippen molar-refractivity contribution in [3.8, 4) is 0 Å². The average Bonchev–Trinajstić information content (AvgIpc) is 2.77. The highest BCUT2D eigenvalue weighted by Gasteiger charge is 1.99. The Labute approximate surface area is 113 Å². The predicted octanol–water partition coefficient (Wildman–Crippen LogP) is 3.59. The van der Waals surface area contributed by atoms with E-state index in [1.807, 2.05) is 53.2 Å². The molecule has 0 amide bonds. The van der Waals surface area contributed by atoms with Crippen molar-refractivity contribution < 1.29 is 0 Å². The fourth-order valence-corrected chi connectivity index (χ4v) is 2.68. The zero-order valence-corrected chi connectivity index (χ0v) is 11.2. The molecule has 0 aliphatic heterocycles. The lowest BCUT2D eigenvalue weighted by atomic mass is 10.3. The number of rotatable bonds is 1. The molecule has 3 rings (SSSR count). The van der Waals surface area contributed by atoms with E-state index in [4.69, 9.17) is 11.6 Å². The van der Waals surface area contributed by atoms with E-state index in [2.05, 4.69) is 9.98 Å². The van der Waals surface area contributed by atoms with Crippen molar-refractivity contribution in [1.29, 1.82) is 0 Å². The second-order valence-electron chi connectivity index (χ2n) is 3.90. The summed E-state index contributed by atoms with van der Waals surface area (Å²) in [5.41, 5.74) is 2.66. The molecule has 0 unspecified atom stereocenters. The molecule has 0 bridgehead atoms. The number of thiazole rings is 1. The van der Waals surface area contributed by atoms with Gasteiger partial charge in [0, 0.05) is 28.4 Å². The minimum absolute atomic E-state index is 0.689. The molecule has 18 heavy (non-hydrogen) atoms. The summed E-state index contributed by atoms with van der Waals surface area (Å²) in [5.74, 6) is 0. The third-order valence-corrected chi connectivity index (χ3v) is 3.49. The van der Waals surface area contributed by atoms with Gasteiger partial charge < -0.3 is 0 Å². The fourth-order valence-electron chi connectivity index (χ4n) is 1.73. The van der Waals surface area contributed by atoms with E-state index in [9.17, 15) is 0 Å². The number of aromatic nitrogens is 2. The van der Waals surface area contributed by atoms with Gasteiger partial charge in [-0.25, -0.2) is 9.98 Å². The van der Waals surface area contributed by atoms with Gasteiger partial charge in [-0.15, -0.1) is 11.3 Å². The van der Waals surface area contributed by atoms with Gasteiger partial charge in [0.25, 0.3) is 0 Å². The van der Waals surface area contributed by atoms with E-state index in [1.165, 1.54) is 0 Å². The van der Waals surface area contributed by atoms with Crippen molar-refractivity contribution in [2.45, 2.75) is 6.92 Å². The zero-order chi connectivity index (χ0) is 12.5. The van der Waals surface area contributed by atoms with Crippen molar-refractivity contribution in [3.05, 3.63) is 58.1 Å². The van der Waals surface area contributed by atoms with Crippen LogP contribution in [0, 0.1) is 6.92 Å². The normalized spacial score (nSPS) is 12.2. The fraction of sp³-hybridized carbons (Fsp3) is 0.0769. The van der Waals surface area contributed by atoms with Crippen molar-refractivity contribution in [3.63, 3.8) is 0 Å². The van der Waals surface area contributed by atoms with Crippen LogP contribution in [0.5, 0.6) is 0 Å². The Morgan fingerprint density at radius 3 is 3.06 bits per heavy atom. The first kappa shape index (κ1) is 11.4. The van der Waals surface area contributed by atoms with Crippen LogP contribution in [0.3, 0.4) is 0 Å². The van der Waals surface area contributed by atoms with E-state index in [1.54, 1.807) is 11.3 Å². The predicted molar refractivity (Wildman–Crippen MR) is 74.5 cm³/mol. The second kappa shape index (κ2) is 4.55.